The van der Waals surface area contributed by atoms with Crippen LogP contribution in [0.4, 0.5) is 5.69 Å². The number of carboxylic acid groups (broad SMARTS) is 1. The van der Waals surface area contributed by atoms with Gasteiger partial charge in [0.25, 0.3) is 5.91 Å². The van der Waals surface area contributed by atoms with E-state index in [-0.39, 0.29) is 11.7 Å². The molecule has 0 radical (unpaired) electrons. The standard InChI is InChI=1S/C19H14ClNO4/c1-11-4-2-3-5-13(11)18(22)21-12-6-7-15(20)14(10-12)16-8-9-17(25-16)19(23)24/h2-10H,1H3,(H,21,22)(H,23,24). The molecule has 3 aromatic rings. The molecule has 0 aliphatic heterocycles. The van der Waals surface area contributed by atoms with Crippen LogP contribution in [0, 0.1) is 6.92 Å². The zero-order valence-corrected chi connectivity index (χ0v) is 14.0. The summed E-state index contributed by atoms with van der Waals surface area (Å²) in [4.78, 5) is 23.4. The van der Waals surface area contributed by atoms with Crippen molar-refractivity contribution in [1.82, 2.24) is 0 Å². The highest BCUT2D eigenvalue weighted by Gasteiger charge is 2.15. The number of hydrogen-bond acceptors (Lipinski definition) is 3. The molecule has 6 heteroatoms. The molecule has 25 heavy (non-hydrogen) atoms. The fourth-order valence-electron chi connectivity index (χ4n) is 2.42. The van der Waals surface area contributed by atoms with Crippen molar-refractivity contribution >= 4 is 29.2 Å². The Kier molecular flexibility index (Phi) is 4.59. The fourth-order valence-corrected chi connectivity index (χ4v) is 2.63. The Bertz CT molecular complexity index is 962. The maximum Gasteiger partial charge on any atom is 0.371 e. The van der Waals surface area contributed by atoms with Crippen LogP contribution < -0.4 is 5.32 Å². The summed E-state index contributed by atoms with van der Waals surface area (Å²) in [7, 11) is 0. The number of carbonyl (C=O) groups is 2. The summed E-state index contributed by atoms with van der Waals surface area (Å²) in [6.07, 6.45) is 0. The Morgan fingerprint density at radius 2 is 1.84 bits per heavy atom. The predicted molar refractivity (Wildman–Crippen MR) is 95.2 cm³/mol. The van der Waals surface area contributed by atoms with Gasteiger partial charge in [-0.2, -0.15) is 0 Å². The monoisotopic (exact) mass is 355 g/mol. The average molecular weight is 356 g/mol. The number of furan rings is 1. The lowest BCUT2D eigenvalue weighted by molar-refractivity contribution is 0.0663. The Labute approximate surface area is 148 Å². The number of nitrogens with one attached hydrogen (secondary N) is 1. The van der Waals surface area contributed by atoms with Gasteiger partial charge in [0.05, 0.1) is 5.02 Å². The Balaban J connectivity index is 1.90. The van der Waals surface area contributed by atoms with Crippen LogP contribution in [0.2, 0.25) is 5.02 Å². The van der Waals surface area contributed by atoms with Crippen molar-refractivity contribution in [3.05, 3.63) is 76.5 Å². The Morgan fingerprint density at radius 3 is 2.52 bits per heavy atom. The van der Waals surface area contributed by atoms with Crippen LogP contribution in [-0.2, 0) is 0 Å². The summed E-state index contributed by atoms with van der Waals surface area (Å²) in [5.41, 5.74) is 2.47. The van der Waals surface area contributed by atoms with Crippen LogP contribution in [-0.4, -0.2) is 17.0 Å². The summed E-state index contributed by atoms with van der Waals surface area (Å²) < 4.78 is 5.28. The minimum absolute atomic E-state index is 0.180. The third-order valence-corrected chi connectivity index (χ3v) is 4.03. The van der Waals surface area contributed by atoms with Gasteiger partial charge >= 0.3 is 5.97 Å². The zero-order chi connectivity index (χ0) is 18.0. The quantitative estimate of drug-likeness (QED) is 0.700. The molecule has 0 saturated heterocycles. The number of halogens is 1. The summed E-state index contributed by atoms with van der Waals surface area (Å²) in [5.74, 6) is -1.27. The van der Waals surface area contributed by atoms with Crippen LogP contribution in [0.1, 0.15) is 26.5 Å². The number of benzene rings is 2. The lowest BCUT2D eigenvalue weighted by Gasteiger charge is -2.09. The second kappa shape index (κ2) is 6.83. The molecule has 3 rings (SSSR count). The van der Waals surface area contributed by atoms with Crippen molar-refractivity contribution < 1.29 is 19.1 Å². The molecule has 0 atom stereocenters. The number of anilines is 1. The molecular weight excluding hydrogens is 342 g/mol. The molecule has 1 amide bonds. The third kappa shape index (κ3) is 3.56. The van der Waals surface area contributed by atoms with Gasteiger partial charge in [0.1, 0.15) is 5.76 Å². The molecule has 0 bridgehead atoms. The SMILES string of the molecule is Cc1ccccc1C(=O)Nc1ccc(Cl)c(-c2ccc(C(=O)O)o2)c1. The van der Waals surface area contributed by atoms with Crippen LogP contribution >= 0.6 is 11.6 Å². The molecule has 0 spiro atoms. The van der Waals surface area contributed by atoms with Crippen LogP contribution in [0.25, 0.3) is 11.3 Å². The van der Waals surface area contributed by atoms with Gasteiger partial charge in [0, 0.05) is 16.8 Å². The van der Waals surface area contributed by atoms with Crippen LogP contribution in [0.5, 0.6) is 0 Å². The number of hydrogen-bond donors (Lipinski definition) is 2. The number of carbonyl (C=O) groups excluding carboxylic acids is 1. The highest BCUT2D eigenvalue weighted by Crippen LogP contribution is 2.32. The maximum absolute atomic E-state index is 12.4. The summed E-state index contributed by atoms with van der Waals surface area (Å²) in [6.45, 7) is 1.86. The minimum Gasteiger partial charge on any atom is -0.475 e. The first-order valence-electron chi connectivity index (χ1n) is 7.46. The van der Waals surface area contributed by atoms with Gasteiger partial charge < -0.3 is 14.8 Å². The molecule has 0 aliphatic carbocycles. The van der Waals surface area contributed by atoms with E-state index in [2.05, 4.69) is 5.32 Å². The van der Waals surface area contributed by atoms with Crippen molar-refractivity contribution in [2.24, 2.45) is 0 Å². The number of rotatable bonds is 4. The van der Waals surface area contributed by atoms with Crippen LogP contribution in [0.3, 0.4) is 0 Å². The highest BCUT2D eigenvalue weighted by atomic mass is 35.5. The van der Waals surface area contributed by atoms with E-state index in [0.29, 0.717) is 27.6 Å². The van der Waals surface area contributed by atoms with E-state index in [1.165, 1.54) is 12.1 Å². The lowest BCUT2D eigenvalue weighted by atomic mass is 10.1. The first kappa shape index (κ1) is 16.8. The molecule has 2 N–H and O–H groups in total. The van der Waals surface area contributed by atoms with E-state index in [9.17, 15) is 9.59 Å². The highest BCUT2D eigenvalue weighted by molar-refractivity contribution is 6.33. The average Bonchev–Trinajstić information content (AvgIpc) is 3.07. The van der Waals surface area contributed by atoms with Gasteiger partial charge in [-0.3, -0.25) is 4.79 Å². The molecule has 5 nitrogen and oxygen atoms in total. The largest absolute Gasteiger partial charge is 0.475 e. The molecule has 2 aromatic carbocycles. The van der Waals surface area contributed by atoms with Crippen molar-refractivity contribution in [1.29, 1.82) is 0 Å². The van der Waals surface area contributed by atoms with Crippen molar-refractivity contribution in [3.8, 4) is 11.3 Å². The van der Waals surface area contributed by atoms with Gasteiger partial charge in [-0.05, 0) is 48.9 Å². The summed E-state index contributed by atoms with van der Waals surface area (Å²) in [5, 5.41) is 12.2. The lowest BCUT2D eigenvalue weighted by Crippen LogP contribution is -2.13. The van der Waals surface area contributed by atoms with Crippen molar-refractivity contribution in [2.75, 3.05) is 5.32 Å². The molecule has 0 saturated carbocycles. The first-order chi connectivity index (χ1) is 12.0. The van der Waals surface area contributed by atoms with Gasteiger partial charge in [0.2, 0.25) is 5.76 Å². The number of aromatic carboxylic acids is 1. The van der Waals surface area contributed by atoms with Gasteiger partial charge in [0.15, 0.2) is 0 Å². The number of carboxylic acids is 1. The minimum atomic E-state index is -1.16. The van der Waals surface area contributed by atoms with E-state index in [1.54, 1.807) is 30.3 Å². The zero-order valence-electron chi connectivity index (χ0n) is 13.2. The molecular formula is C19H14ClNO4. The summed E-state index contributed by atoms with van der Waals surface area (Å²) in [6, 6.07) is 15.1. The second-order valence-corrected chi connectivity index (χ2v) is 5.84. The Hall–Kier alpha value is -3.05. The van der Waals surface area contributed by atoms with Crippen molar-refractivity contribution in [3.63, 3.8) is 0 Å². The van der Waals surface area contributed by atoms with Gasteiger partial charge in [-0.15, -0.1) is 0 Å². The molecule has 0 fully saturated rings. The molecule has 1 heterocycles. The number of amides is 1. The molecule has 0 unspecified atom stereocenters. The molecule has 0 aliphatic rings. The fraction of sp³-hybridized carbons (Fsp3) is 0.0526. The van der Waals surface area contributed by atoms with E-state index in [0.717, 1.165) is 5.56 Å². The summed E-state index contributed by atoms with van der Waals surface area (Å²) >= 11 is 6.18. The van der Waals surface area contributed by atoms with E-state index in [4.69, 9.17) is 21.1 Å². The topological polar surface area (TPSA) is 79.5 Å². The van der Waals surface area contributed by atoms with E-state index < -0.39 is 5.97 Å². The van der Waals surface area contributed by atoms with Crippen LogP contribution in [0.15, 0.2) is 59.0 Å². The van der Waals surface area contributed by atoms with Crippen molar-refractivity contribution in [2.45, 2.75) is 6.92 Å². The Morgan fingerprint density at radius 1 is 1.08 bits per heavy atom. The molecule has 126 valence electrons. The van der Waals surface area contributed by atoms with E-state index in [1.807, 2.05) is 19.1 Å². The van der Waals surface area contributed by atoms with Gasteiger partial charge in [-0.1, -0.05) is 29.8 Å². The maximum atomic E-state index is 12.4. The van der Waals surface area contributed by atoms with E-state index >= 15 is 0 Å². The third-order valence-electron chi connectivity index (χ3n) is 3.70. The molecule has 1 aromatic heterocycles. The normalized spacial score (nSPS) is 10.5. The first-order valence-corrected chi connectivity index (χ1v) is 7.83. The second-order valence-electron chi connectivity index (χ2n) is 5.43. The number of aryl methyl sites for hydroxylation is 1. The smallest absolute Gasteiger partial charge is 0.371 e. The van der Waals surface area contributed by atoms with Gasteiger partial charge in [-0.25, -0.2) is 4.79 Å². The predicted octanol–water partition coefficient (Wildman–Crippen LogP) is 4.86.